The van der Waals surface area contributed by atoms with Gasteiger partial charge in [-0.05, 0) is 48.9 Å². The van der Waals surface area contributed by atoms with Crippen molar-refractivity contribution in [2.24, 2.45) is 0 Å². The maximum atomic E-state index is 12.5. The molecule has 2 rings (SSSR count). The van der Waals surface area contributed by atoms with E-state index in [9.17, 15) is 9.59 Å². The van der Waals surface area contributed by atoms with Crippen LogP contribution < -0.4 is 14.2 Å². The summed E-state index contributed by atoms with van der Waals surface area (Å²) in [6, 6.07) is 12.4. The largest absolute Gasteiger partial charge is 0.493 e. The lowest BCUT2D eigenvalue weighted by Crippen LogP contribution is -2.34. The van der Waals surface area contributed by atoms with Gasteiger partial charge in [0.2, 0.25) is 0 Å². The lowest BCUT2D eigenvalue weighted by atomic mass is 10.1. The maximum Gasteiger partial charge on any atom is 0.260 e. The van der Waals surface area contributed by atoms with Crippen LogP contribution in [-0.4, -0.2) is 44.0 Å². The molecule has 150 valence electrons. The fraction of sp³-hybridized carbons (Fsp3) is 0.364. The van der Waals surface area contributed by atoms with Gasteiger partial charge in [-0.25, -0.2) is 0 Å². The molecule has 0 atom stereocenters. The van der Waals surface area contributed by atoms with Gasteiger partial charge in [0, 0.05) is 25.1 Å². The number of carbonyl (C=O) groups is 2. The van der Waals surface area contributed by atoms with Gasteiger partial charge >= 0.3 is 0 Å². The molecule has 0 saturated carbocycles. The van der Waals surface area contributed by atoms with Gasteiger partial charge in [-0.1, -0.05) is 13.0 Å². The molecule has 0 heterocycles. The predicted molar refractivity (Wildman–Crippen MR) is 107 cm³/mol. The number of Topliss-reactive ketones (excluding diaryl/α,β-unsaturated/α-hetero) is 1. The Morgan fingerprint density at radius 1 is 0.929 bits per heavy atom. The molecule has 0 fully saturated rings. The van der Waals surface area contributed by atoms with Crippen LogP contribution in [0.4, 0.5) is 0 Å². The zero-order valence-electron chi connectivity index (χ0n) is 16.9. The number of hydrogen-bond donors (Lipinski definition) is 0. The van der Waals surface area contributed by atoms with Crippen molar-refractivity contribution in [2.45, 2.75) is 26.8 Å². The van der Waals surface area contributed by atoms with Gasteiger partial charge in [0.25, 0.3) is 5.91 Å². The van der Waals surface area contributed by atoms with Gasteiger partial charge < -0.3 is 19.1 Å². The predicted octanol–water partition coefficient (Wildman–Crippen LogP) is 3.72. The zero-order chi connectivity index (χ0) is 20.5. The van der Waals surface area contributed by atoms with Crippen LogP contribution >= 0.6 is 0 Å². The number of carbonyl (C=O) groups excluding carboxylic acids is 2. The number of rotatable bonds is 10. The standard InChI is InChI=1S/C22H27NO5/c1-5-19(24)17-8-10-18(11-9-17)28-15-22(25)23(6-2)14-16-7-12-20(26-3)21(13-16)27-4/h7-13H,5-6,14-15H2,1-4H3. The number of likely N-dealkylation sites (N-methyl/N-ethyl adjacent to an activating group) is 1. The van der Waals surface area contributed by atoms with Crippen LogP contribution in [0.5, 0.6) is 17.2 Å². The molecule has 0 unspecified atom stereocenters. The van der Waals surface area contributed by atoms with Crippen LogP contribution in [0.3, 0.4) is 0 Å². The van der Waals surface area contributed by atoms with Crippen LogP contribution in [-0.2, 0) is 11.3 Å². The van der Waals surface area contributed by atoms with Crippen molar-refractivity contribution < 1.29 is 23.8 Å². The van der Waals surface area contributed by atoms with Gasteiger partial charge in [-0.2, -0.15) is 0 Å². The van der Waals surface area contributed by atoms with E-state index in [0.29, 0.717) is 42.3 Å². The monoisotopic (exact) mass is 385 g/mol. The molecular weight excluding hydrogens is 358 g/mol. The molecule has 0 N–H and O–H groups in total. The van der Waals surface area contributed by atoms with Crippen LogP contribution in [0.15, 0.2) is 42.5 Å². The van der Waals surface area contributed by atoms with Gasteiger partial charge in [0.05, 0.1) is 14.2 Å². The summed E-state index contributed by atoms with van der Waals surface area (Å²) in [4.78, 5) is 25.9. The number of ether oxygens (including phenoxy) is 3. The average molecular weight is 385 g/mol. The third kappa shape index (κ3) is 5.49. The fourth-order valence-corrected chi connectivity index (χ4v) is 2.75. The maximum absolute atomic E-state index is 12.5. The summed E-state index contributed by atoms with van der Waals surface area (Å²) in [6.07, 6.45) is 0.459. The molecule has 0 saturated heterocycles. The number of hydrogen-bond acceptors (Lipinski definition) is 5. The second-order valence-electron chi connectivity index (χ2n) is 6.19. The lowest BCUT2D eigenvalue weighted by Gasteiger charge is -2.21. The highest BCUT2D eigenvalue weighted by molar-refractivity contribution is 5.95. The molecule has 0 bridgehead atoms. The number of ketones is 1. The van der Waals surface area contributed by atoms with Crippen LogP contribution in [0, 0.1) is 0 Å². The Labute approximate surface area is 166 Å². The molecule has 0 radical (unpaired) electrons. The van der Waals surface area contributed by atoms with Crippen molar-refractivity contribution in [1.29, 1.82) is 0 Å². The molecule has 0 aliphatic heterocycles. The van der Waals surface area contributed by atoms with Crippen molar-refractivity contribution in [1.82, 2.24) is 4.90 Å². The summed E-state index contributed by atoms with van der Waals surface area (Å²) in [5, 5.41) is 0. The molecule has 0 aliphatic rings. The zero-order valence-corrected chi connectivity index (χ0v) is 16.9. The summed E-state index contributed by atoms with van der Waals surface area (Å²) in [5.41, 5.74) is 1.58. The van der Waals surface area contributed by atoms with E-state index in [-0.39, 0.29) is 18.3 Å². The summed E-state index contributed by atoms with van der Waals surface area (Å²) < 4.78 is 16.1. The van der Waals surface area contributed by atoms with E-state index in [4.69, 9.17) is 14.2 Å². The van der Waals surface area contributed by atoms with E-state index < -0.39 is 0 Å². The Balaban J connectivity index is 1.97. The molecular formula is C22H27NO5. The first-order valence-corrected chi connectivity index (χ1v) is 9.27. The highest BCUT2D eigenvalue weighted by atomic mass is 16.5. The number of methoxy groups -OCH3 is 2. The van der Waals surface area contributed by atoms with Gasteiger partial charge in [-0.15, -0.1) is 0 Å². The molecule has 28 heavy (non-hydrogen) atoms. The third-order valence-corrected chi connectivity index (χ3v) is 4.42. The van der Waals surface area contributed by atoms with E-state index in [1.807, 2.05) is 32.0 Å². The molecule has 0 aliphatic carbocycles. The Kier molecular flexibility index (Phi) is 7.87. The topological polar surface area (TPSA) is 65.1 Å². The first-order chi connectivity index (χ1) is 13.5. The average Bonchev–Trinajstić information content (AvgIpc) is 2.75. The quantitative estimate of drug-likeness (QED) is 0.583. The van der Waals surface area contributed by atoms with Gasteiger partial charge in [0.1, 0.15) is 5.75 Å². The normalized spacial score (nSPS) is 10.3. The van der Waals surface area contributed by atoms with Gasteiger partial charge in [-0.3, -0.25) is 9.59 Å². The SMILES string of the molecule is CCC(=O)c1ccc(OCC(=O)N(CC)Cc2ccc(OC)c(OC)c2)cc1. The Morgan fingerprint density at radius 2 is 1.61 bits per heavy atom. The van der Waals surface area contributed by atoms with Crippen molar-refractivity contribution in [3.8, 4) is 17.2 Å². The molecule has 2 aromatic carbocycles. The van der Waals surface area contributed by atoms with Crippen molar-refractivity contribution in [3.05, 3.63) is 53.6 Å². The summed E-state index contributed by atoms with van der Waals surface area (Å²) in [6.45, 7) is 4.68. The second-order valence-corrected chi connectivity index (χ2v) is 6.19. The van der Waals surface area contributed by atoms with E-state index in [1.54, 1.807) is 43.4 Å². The second kappa shape index (κ2) is 10.3. The Hall–Kier alpha value is -3.02. The molecule has 2 aromatic rings. The van der Waals surface area contributed by atoms with Crippen LogP contribution in [0.25, 0.3) is 0 Å². The lowest BCUT2D eigenvalue weighted by molar-refractivity contribution is -0.133. The van der Waals surface area contributed by atoms with Crippen LogP contribution in [0.1, 0.15) is 36.2 Å². The van der Waals surface area contributed by atoms with Crippen molar-refractivity contribution in [2.75, 3.05) is 27.4 Å². The summed E-state index contributed by atoms with van der Waals surface area (Å²) in [7, 11) is 3.17. The molecule has 6 heteroatoms. The minimum absolute atomic E-state index is 0.0673. The van der Waals surface area contributed by atoms with E-state index in [0.717, 1.165) is 5.56 Å². The highest BCUT2D eigenvalue weighted by Gasteiger charge is 2.15. The minimum atomic E-state index is -0.119. The molecule has 6 nitrogen and oxygen atoms in total. The van der Waals surface area contributed by atoms with Crippen LogP contribution in [0.2, 0.25) is 0 Å². The van der Waals surface area contributed by atoms with Crippen molar-refractivity contribution in [3.63, 3.8) is 0 Å². The number of benzene rings is 2. The highest BCUT2D eigenvalue weighted by Crippen LogP contribution is 2.28. The molecule has 0 aromatic heterocycles. The Morgan fingerprint density at radius 3 is 2.18 bits per heavy atom. The van der Waals surface area contributed by atoms with Crippen molar-refractivity contribution >= 4 is 11.7 Å². The van der Waals surface area contributed by atoms with E-state index in [2.05, 4.69) is 0 Å². The summed E-state index contributed by atoms with van der Waals surface area (Å²) >= 11 is 0. The number of nitrogens with zero attached hydrogens (tertiary/aromatic N) is 1. The minimum Gasteiger partial charge on any atom is -0.493 e. The third-order valence-electron chi connectivity index (χ3n) is 4.42. The van der Waals surface area contributed by atoms with E-state index >= 15 is 0 Å². The smallest absolute Gasteiger partial charge is 0.260 e. The molecule has 0 spiro atoms. The van der Waals surface area contributed by atoms with E-state index in [1.165, 1.54) is 0 Å². The molecule has 1 amide bonds. The first kappa shape index (κ1) is 21.3. The van der Waals surface area contributed by atoms with Gasteiger partial charge in [0.15, 0.2) is 23.9 Å². The Bertz CT molecular complexity index is 801. The summed E-state index contributed by atoms with van der Waals surface area (Å²) in [5.74, 6) is 1.79. The fourth-order valence-electron chi connectivity index (χ4n) is 2.75. The first-order valence-electron chi connectivity index (χ1n) is 9.27. The number of amides is 1.